The molecule has 7 heteroatoms. The van der Waals surface area contributed by atoms with Crippen LogP contribution in [0.2, 0.25) is 24.2 Å². The van der Waals surface area contributed by atoms with Gasteiger partial charge in [-0.15, -0.1) is 0 Å². The first-order chi connectivity index (χ1) is 12.2. The number of hydrogen-bond acceptors (Lipinski definition) is 5. The van der Waals surface area contributed by atoms with E-state index in [9.17, 15) is 0 Å². The first-order valence-electron chi connectivity index (χ1n) is 9.36. The van der Waals surface area contributed by atoms with Crippen molar-refractivity contribution >= 4 is 19.1 Å². The topological polar surface area (TPSA) is 58.4 Å². The molecule has 0 bridgehead atoms. The van der Waals surface area contributed by atoms with Crippen molar-refractivity contribution in [2.24, 2.45) is 0 Å². The molecule has 142 valence electrons. The first kappa shape index (κ1) is 18.1. The van der Waals surface area contributed by atoms with Crippen LogP contribution in [-0.2, 0) is 14.2 Å². The molecule has 0 aliphatic carbocycles. The fourth-order valence-corrected chi connectivity index (χ4v) is 5.73. The van der Waals surface area contributed by atoms with E-state index in [1.165, 1.54) is 0 Å². The maximum absolute atomic E-state index is 6.54. The highest BCUT2D eigenvalue weighted by molar-refractivity contribution is 6.80. The summed E-state index contributed by atoms with van der Waals surface area (Å²) in [5.74, 6) is 0. The van der Waals surface area contributed by atoms with Crippen LogP contribution >= 0.6 is 0 Å². The zero-order chi connectivity index (χ0) is 18.7. The Kier molecular flexibility index (Phi) is 4.26. The molecule has 2 aromatic heterocycles. The Labute approximate surface area is 155 Å². The molecule has 0 spiro atoms. The molecule has 4 heterocycles. The number of ether oxygens (including phenoxy) is 3. The van der Waals surface area contributed by atoms with E-state index in [0.29, 0.717) is 11.8 Å². The standard InChI is InChI=1S/C19H29N3O3Si/c1-12-13-7-8-22(17(13)21-10-20-12)18-16-15(23-11-24-16)14(25-18)9-26(5,6)19(2,3)4/h7-8,10,14-16,18H,9,11H2,1-6H3/t14-,15+,16+,18+/m0/s1. The molecule has 2 aliphatic heterocycles. The molecule has 0 N–H and O–H groups in total. The van der Waals surface area contributed by atoms with Gasteiger partial charge < -0.3 is 18.8 Å². The SMILES string of the molecule is Cc1ncnc2c1ccn2[C@@H]1O[C@@H](C[Si](C)(C)C(C)(C)C)[C@H]2OCO[C@H]21. The van der Waals surface area contributed by atoms with Gasteiger partial charge in [-0.3, -0.25) is 0 Å². The summed E-state index contributed by atoms with van der Waals surface area (Å²) < 4.78 is 20.5. The number of nitrogens with zero attached hydrogens (tertiary/aromatic N) is 3. The molecule has 2 aromatic rings. The van der Waals surface area contributed by atoms with Crippen molar-refractivity contribution in [3.63, 3.8) is 0 Å². The van der Waals surface area contributed by atoms with Crippen LogP contribution in [0.25, 0.3) is 11.0 Å². The van der Waals surface area contributed by atoms with Gasteiger partial charge in [-0.25, -0.2) is 9.97 Å². The molecule has 0 aromatic carbocycles. The largest absolute Gasteiger partial charge is 0.349 e. The predicted molar refractivity (Wildman–Crippen MR) is 103 cm³/mol. The van der Waals surface area contributed by atoms with Crippen LogP contribution in [0, 0.1) is 6.92 Å². The number of hydrogen-bond donors (Lipinski definition) is 0. The fraction of sp³-hybridized carbons (Fsp3) is 0.684. The van der Waals surface area contributed by atoms with Crippen LogP contribution in [-0.4, -0.2) is 47.7 Å². The minimum absolute atomic E-state index is 0.00508. The van der Waals surface area contributed by atoms with E-state index in [2.05, 4.69) is 54.5 Å². The minimum Gasteiger partial charge on any atom is -0.349 e. The lowest BCUT2D eigenvalue weighted by Gasteiger charge is -2.39. The summed E-state index contributed by atoms with van der Waals surface area (Å²) in [4.78, 5) is 8.77. The molecule has 4 rings (SSSR count). The van der Waals surface area contributed by atoms with Crippen LogP contribution in [0.4, 0.5) is 0 Å². The molecule has 0 unspecified atom stereocenters. The lowest BCUT2D eigenvalue weighted by Crippen LogP contribution is -2.43. The Morgan fingerprint density at radius 1 is 1.19 bits per heavy atom. The van der Waals surface area contributed by atoms with Gasteiger partial charge in [-0.1, -0.05) is 33.9 Å². The Morgan fingerprint density at radius 2 is 1.92 bits per heavy atom. The number of rotatable bonds is 3. The summed E-state index contributed by atoms with van der Waals surface area (Å²) in [6, 6.07) is 3.12. The second-order valence-electron chi connectivity index (χ2n) is 9.20. The van der Waals surface area contributed by atoms with Crippen LogP contribution in [0.1, 0.15) is 32.7 Å². The Morgan fingerprint density at radius 3 is 2.65 bits per heavy atom. The Balaban J connectivity index is 1.65. The second-order valence-corrected chi connectivity index (χ2v) is 14.9. The summed E-state index contributed by atoms with van der Waals surface area (Å²) in [5.41, 5.74) is 1.87. The molecule has 0 radical (unpaired) electrons. The van der Waals surface area contributed by atoms with Gasteiger partial charge in [0, 0.05) is 11.6 Å². The van der Waals surface area contributed by atoms with Crippen LogP contribution < -0.4 is 0 Å². The highest BCUT2D eigenvalue weighted by Crippen LogP contribution is 2.46. The average Bonchev–Trinajstić information content (AvgIpc) is 3.23. The minimum atomic E-state index is -1.50. The summed E-state index contributed by atoms with van der Waals surface area (Å²) in [7, 11) is -1.50. The van der Waals surface area contributed by atoms with E-state index in [1.54, 1.807) is 6.33 Å². The van der Waals surface area contributed by atoms with Crippen LogP contribution in [0.15, 0.2) is 18.6 Å². The molecule has 6 nitrogen and oxygen atoms in total. The van der Waals surface area contributed by atoms with E-state index < -0.39 is 8.07 Å². The molecule has 2 fully saturated rings. The monoisotopic (exact) mass is 375 g/mol. The maximum atomic E-state index is 6.54. The highest BCUT2D eigenvalue weighted by Gasteiger charge is 2.53. The lowest BCUT2D eigenvalue weighted by atomic mass is 10.1. The van der Waals surface area contributed by atoms with Gasteiger partial charge in [0.05, 0.1) is 19.9 Å². The maximum Gasteiger partial charge on any atom is 0.164 e. The van der Waals surface area contributed by atoms with Crippen molar-refractivity contribution in [3.8, 4) is 0 Å². The van der Waals surface area contributed by atoms with Crippen LogP contribution in [0.5, 0.6) is 0 Å². The third-order valence-corrected chi connectivity index (χ3v) is 12.0. The van der Waals surface area contributed by atoms with Crippen molar-refractivity contribution in [2.45, 2.75) is 76.4 Å². The van der Waals surface area contributed by atoms with Gasteiger partial charge in [0.2, 0.25) is 0 Å². The highest BCUT2D eigenvalue weighted by atomic mass is 28.3. The van der Waals surface area contributed by atoms with Gasteiger partial charge >= 0.3 is 0 Å². The molecule has 0 amide bonds. The molecule has 0 saturated carbocycles. The third-order valence-electron chi connectivity index (χ3n) is 6.53. The third kappa shape index (κ3) is 2.81. The zero-order valence-corrected chi connectivity index (χ0v) is 17.5. The average molecular weight is 376 g/mol. The smallest absolute Gasteiger partial charge is 0.164 e. The predicted octanol–water partition coefficient (Wildman–Crippen LogP) is 3.89. The van der Waals surface area contributed by atoms with Gasteiger partial charge in [0.15, 0.2) is 6.23 Å². The van der Waals surface area contributed by atoms with E-state index in [4.69, 9.17) is 14.2 Å². The normalized spacial score (nSPS) is 29.5. The Hall–Kier alpha value is -1.28. The van der Waals surface area contributed by atoms with Crippen molar-refractivity contribution < 1.29 is 14.2 Å². The van der Waals surface area contributed by atoms with Gasteiger partial charge in [0.25, 0.3) is 0 Å². The molecule has 4 atom stereocenters. The molecule has 26 heavy (non-hydrogen) atoms. The van der Waals surface area contributed by atoms with E-state index >= 15 is 0 Å². The number of aryl methyl sites for hydroxylation is 1. The Bertz CT molecular complexity index is 814. The van der Waals surface area contributed by atoms with Crippen molar-refractivity contribution in [3.05, 3.63) is 24.3 Å². The van der Waals surface area contributed by atoms with Gasteiger partial charge in [0.1, 0.15) is 31.0 Å². The first-order valence-corrected chi connectivity index (χ1v) is 12.6. The second kappa shape index (κ2) is 6.12. The molecular formula is C19H29N3O3Si. The molecule has 2 aliphatic rings. The quantitative estimate of drug-likeness (QED) is 0.762. The van der Waals surface area contributed by atoms with Crippen molar-refractivity contribution in [1.82, 2.24) is 14.5 Å². The van der Waals surface area contributed by atoms with E-state index in [0.717, 1.165) is 22.8 Å². The summed E-state index contributed by atoms with van der Waals surface area (Å²) >= 11 is 0. The summed E-state index contributed by atoms with van der Waals surface area (Å²) in [6.07, 6.45) is 3.41. The lowest BCUT2D eigenvalue weighted by molar-refractivity contribution is -0.0921. The number of aromatic nitrogens is 3. The van der Waals surface area contributed by atoms with E-state index in [1.807, 2.05) is 13.1 Å². The van der Waals surface area contributed by atoms with Crippen molar-refractivity contribution in [2.75, 3.05) is 6.79 Å². The van der Waals surface area contributed by atoms with Crippen LogP contribution in [0.3, 0.4) is 0 Å². The van der Waals surface area contributed by atoms with Gasteiger partial charge in [-0.2, -0.15) is 0 Å². The summed E-state index contributed by atoms with van der Waals surface area (Å²) in [6.45, 7) is 14.3. The number of fused-ring (bicyclic) bond motifs is 2. The molecular weight excluding hydrogens is 346 g/mol. The van der Waals surface area contributed by atoms with Gasteiger partial charge in [-0.05, 0) is 24.1 Å². The molecule has 2 saturated heterocycles. The van der Waals surface area contributed by atoms with E-state index in [-0.39, 0.29) is 24.5 Å². The summed E-state index contributed by atoms with van der Waals surface area (Å²) in [5, 5.41) is 1.37. The fourth-order valence-electron chi connectivity index (χ4n) is 3.78. The van der Waals surface area contributed by atoms with Crippen molar-refractivity contribution in [1.29, 1.82) is 0 Å². The zero-order valence-electron chi connectivity index (χ0n) is 16.5.